The SMILES string of the molecule is C[C@@H]1CC[C@H](Nc2cccc(C[S@](=O)C3CCOCC3)c2)[C@@H](C)C1. The lowest BCUT2D eigenvalue weighted by Crippen LogP contribution is -2.33. The van der Waals surface area contributed by atoms with Crippen molar-refractivity contribution in [2.75, 3.05) is 18.5 Å². The van der Waals surface area contributed by atoms with Crippen LogP contribution in [-0.4, -0.2) is 28.7 Å². The number of hydrogen-bond donors (Lipinski definition) is 1. The van der Waals surface area contributed by atoms with E-state index in [1.807, 2.05) is 0 Å². The normalized spacial score (nSPS) is 30.0. The van der Waals surface area contributed by atoms with Gasteiger partial charge in [-0.15, -0.1) is 0 Å². The van der Waals surface area contributed by atoms with Crippen molar-refractivity contribution in [3.05, 3.63) is 29.8 Å². The Morgan fingerprint density at radius 1 is 1.17 bits per heavy atom. The third-order valence-corrected chi connectivity index (χ3v) is 7.39. The summed E-state index contributed by atoms with van der Waals surface area (Å²) in [6.07, 6.45) is 5.74. The molecule has 134 valence electrons. The van der Waals surface area contributed by atoms with Crippen LogP contribution in [0.4, 0.5) is 5.69 Å². The summed E-state index contributed by atoms with van der Waals surface area (Å²) in [7, 11) is -0.792. The molecular weight excluding hydrogens is 318 g/mol. The predicted octanol–water partition coefficient (Wildman–Crippen LogP) is 4.35. The fourth-order valence-corrected chi connectivity index (χ4v) is 5.53. The first kappa shape index (κ1) is 17.9. The average Bonchev–Trinajstić information content (AvgIpc) is 2.58. The third-order valence-electron chi connectivity index (χ3n) is 5.56. The van der Waals surface area contributed by atoms with E-state index in [4.69, 9.17) is 4.74 Å². The summed E-state index contributed by atoms with van der Waals surface area (Å²) in [5.74, 6) is 2.23. The molecule has 1 aliphatic heterocycles. The van der Waals surface area contributed by atoms with Crippen LogP contribution in [0.5, 0.6) is 0 Å². The van der Waals surface area contributed by atoms with Crippen LogP contribution in [0.1, 0.15) is 51.5 Å². The first-order valence-corrected chi connectivity index (χ1v) is 10.8. The molecule has 1 saturated carbocycles. The van der Waals surface area contributed by atoms with E-state index < -0.39 is 10.8 Å². The van der Waals surface area contributed by atoms with Gasteiger partial charge in [0.25, 0.3) is 0 Å². The molecule has 1 saturated heterocycles. The summed E-state index contributed by atoms with van der Waals surface area (Å²) in [6.45, 7) is 6.24. The molecule has 24 heavy (non-hydrogen) atoms. The Morgan fingerprint density at radius 2 is 1.96 bits per heavy atom. The Morgan fingerprint density at radius 3 is 2.71 bits per heavy atom. The van der Waals surface area contributed by atoms with E-state index in [9.17, 15) is 4.21 Å². The third kappa shape index (κ3) is 4.82. The van der Waals surface area contributed by atoms with Gasteiger partial charge in [0.15, 0.2) is 0 Å². The van der Waals surface area contributed by atoms with Crippen LogP contribution in [0.2, 0.25) is 0 Å². The summed E-state index contributed by atoms with van der Waals surface area (Å²) in [4.78, 5) is 0. The maximum atomic E-state index is 12.6. The van der Waals surface area contributed by atoms with E-state index >= 15 is 0 Å². The van der Waals surface area contributed by atoms with Crippen molar-refractivity contribution in [1.82, 2.24) is 0 Å². The molecular formula is C20H31NO2S. The van der Waals surface area contributed by atoms with Crippen LogP contribution in [0, 0.1) is 11.8 Å². The topological polar surface area (TPSA) is 38.3 Å². The van der Waals surface area contributed by atoms with Crippen LogP contribution < -0.4 is 5.32 Å². The Labute approximate surface area is 149 Å². The molecule has 3 nitrogen and oxygen atoms in total. The Balaban J connectivity index is 1.58. The van der Waals surface area contributed by atoms with Crippen LogP contribution in [0.15, 0.2) is 24.3 Å². The molecule has 1 N–H and O–H groups in total. The number of anilines is 1. The first-order chi connectivity index (χ1) is 11.6. The molecule has 3 rings (SSSR count). The van der Waals surface area contributed by atoms with Crippen molar-refractivity contribution in [2.24, 2.45) is 11.8 Å². The van der Waals surface area contributed by atoms with Crippen molar-refractivity contribution >= 4 is 16.5 Å². The molecule has 1 aromatic carbocycles. The first-order valence-electron chi connectivity index (χ1n) is 9.42. The Bertz CT molecular complexity index is 556. The van der Waals surface area contributed by atoms with E-state index in [1.165, 1.54) is 30.5 Å². The lowest BCUT2D eigenvalue weighted by molar-refractivity contribution is 0.0992. The zero-order valence-corrected chi connectivity index (χ0v) is 15.8. The molecule has 0 unspecified atom stereocenters. The van der Waals surface area contributed by atoms with Crippen molar-refractivity contribution in [3.63, 3.8) is 0 Å². The molecule has 0 amide bonds. The number of rotatable bonds is 5. The maximum absolute atomic E-state index is 12.6. The van der Waals surface area contributed by atoms with Crippen LogP contribution in [0.25, 0.3) is 0 Å². The molecule has 0 aromatic heterocycles. The molecule has 1 aliphatic carbocycles. The fraction of sp³-hybridized carbons (Fsp3) is 0.700. The minimum atomic E-state index is -0.792. The van der Waals surface area contributed by atoms with Gasteiger partial charge in [0, 0.05) is 46.7 Å². The number of ether oxygens (including phenoxy) is 1. The highest BCUT2D eigenvalue weighted by Gasteiger charge is 2.25. The van der Waals surface area contributed by atoms with Crippen molar-refractivity contribution in [1.29, 1.82) is 0 Å². The number of hydrogen-bond acceptors (Lipinski definition) is 3. The van der Waals surface area contributed by atoms with Gasteiger partial charge < -0.3 is 10.1 Å². The van der Waals surface area contributed by atoms with Gasteiger partial charge in [0.1, 0.15) is 0 Å². The van der Waals surface area contributed by atoms with Crippen LogP contribution in [-0.2, 0) is 21.3 Å². The summed E-state index contributed by atoms with van der Waals surface area (Å²) < 4.78 is 18.0. The lowest BCUT2D eigenvalue weighted by atomic mass is 9.80. The Hall–Kier alpha value is -0.870. The summed E-state index contributed by atoms with van der Waals surface area (Å²) in [6, 6.07) is 9.11. The quantitative estimate of drug-likeness (QED) is 0.859. The zero-order chi connectivity index (χ0) is 16.9. The molecule has 1 heterocycles. The van der Waals surface area contributed by atoms with E-state index in [0.29, 0.717) is 23.0 Å². The van der Waals surface area contributed by atoms with Gasteiger partial charge in [-0.2, -0.15) is 0 Å². The molecule has 1 aromatic rings. The van der Waals surface area contributed by atoms with Crippen LogP contribution >= 0.6 is 0 Å². The van der Waals surface area contributed by atoms with E-state index in [0.717, 1.165) is 32.0 Å². The minimum absolute atomic E-state index is 0.301. The van der Waals surface area contributed by atoms with Crippen LogP contribution in [0.3, 0.4) is 0 Å². The summed E-state index contributed by atoms with van der Waals surface area (Å²) in [5.41, 5.74) is 2.37. The molecule has 0 spiro atoms. The van der Waals surface area contributed by atoms with Gasteiger partial charge in [-0.05, 0) is 61.6 Å². The molecule has 2 aliphatic rings. The zero-order valence-electron chi connectivity index (χ0n) is 15.0. The van der Waals surface area contributed by atoms with E-state index in [1.54, 1.807) is 0 Å². The smallest absolute Gasteiger partial charge is 0.0489 e. The monoisotopic (exact) mass is 349 g/mol. The second-order valence-corrected chi connectivity index (χ2v) is 9.40. The van der Waals surface area contributed by atoms with Crippen molar-refractivity contribution in [3.8, 4) is 0 Å². The predicted molar refractivity (Wildman–Crippen MR) is 102 cm³/mol. The second-order valence-electron chi connectivity index (χ2n) is 7.68. The maximum Gasteiger partial charge on any atom is 0.0489 e. The summed E-state index contributed by atoms with van der Waals surface area (Å²) >= 11 is 0. The van der Waals surface area contributed by atoms with Crippen molar-refractivity contribution < 1.29 is 8.95 Å². The van der Waals surface area contributed by atoms with Gasteiger partial charge >= 0.3 is 0 Å². The lowest BCUT2D eigenvalue weighted by Gasteiger charge is -2.34. The average molecular weight is 350 g/mol. The highest BCUT2D eigenvalue weighted by molar-refractivity contribution is 7.84. The van der Waals surface area contributed by atoms with Gasteiger partial charge in [-0.3, -0.25) is 4.21 Å². The highest BCUT2D eigenvalue weighted by atomic mass is 32.2. The second kappa shape index (κ2) is 8.48. The van der Waals surface area contributed by atoms with Gasteiger partial charge in [-0.1, -0.05) is 26.0 Å². The highest BCUT2D eigenvalue weighted by Crippen LogP contribution is 2.31. The van der Waals surface area contributed by atoms with Gasteiger partial charge in [0.05, 0.1) is 0 Å². The van der Waals surface area contributed by atoms with Gasteiger partial charge in [-0.25, -0.2) is 0 Å². The summed E-state index contributed by atoms with van der Waals surface area (Å²) in [5, 5.41) is 4.03. The molecule has 2 fully saturated rings. The largest absolute Gasteiger partial charge is 0.382 e. The van der Waals surface area contributed by atoms with E-state index in [2.05, 4.69) is 43.4 Å². The molecule has 4 heteroatoms. The number of benzene rings is 1. The number of nitrogens with one attached hydrogen (secondary N) is 1. The van der Waals surface area contributed by atoms with Crippen molar-refractivity contribution in [2.45, 2.75) is 63.0 Å². The van der Waals surface area contributed by atoms with Gasteiger partial charge in [0.2, 0.25) is 0 Å². The minimum Gasteiger partial charge on any atom is -0.382 e. The van der Waals surface area contributed by atoms with E-state index in [-0.39, 0.29) is 0 Å². The fourth-order valence-electron chi connectivity index (χ4n) is 4.07. The molecule has 0 bridgehead atoms. The molecule has 4 atom stereocenters. The Kier molecular flexibility index (Phi) is 6.34. The molecule has 0 radical (unpaired) electrons. The standard InChI is InChI=1S/C20H31NO2S/c1-15-6-7-20(16(2)12-15)21-18-5-3-4-17(13-18)14-24(22)19-8-10-23-11-9-19/h3-5,13,15-16,19-21H,6-12,14H2,1-2H3/t15-,16+,20+,24+/m1/s1.